The SMILES string of the molecule is CCC1CCCCC1C(NC)c1cccc(C)n1. The fraction of sp³-hybridized carbons (Fsp3) is 0.688. The maximum atomic E-state index is 4.73. The number of pyridine rings is 1. The van der Waals surface area contributed by atoms with E-state index in [2.05, 4.69) is 44.4 Å². The van der Waals surface area contributed by atoms with Gasteiger partial charge in [-0.1, -0.05) is 38.7 Å². The Kier molecular flexibility index (Phi) is 4.76. The van der Waals surface area contributed by atoms with Crippen LogP contribution < -0.4 is 5.32 Å². The molecule has 1 N–H and O–H groups in total. The van der Waals surface area contributed by atoms with Crippen molar-refractivity contribution in [1.29, 1.82) is 0 Å². The summed E-state index contributed by atoms with van der Waals surface area (Å²) in [7, 11) is 2.08. The summed E-state index contributed by atoms with van der Waals surface area (Å²) in [4.78, 5) is 4.73. The first-order valence-corrected chi connectivity index (χ1v) is 7.37. The number of nitrogens with zero attached hydrogens (tertiary/aromatic N) is 1. The van der Waals surface area contributed by atoms with Gasteiger partial charge in [-0.3, -0.25) is 4.98 Å². The second kappa shape index (κ2) is 6.33. The van der Waals surface area contributed by atoms with Crippen molar-refractivity contribution in [3.63, 3.8) is 0 Å². The lowest BCUT2D eigenvalue weighted by atomic mass is 9.73. The standard InChI is InChI=1S/C16H26N2/c1-4-13-9-5-6-10-14(13)16(17-3)15-11-7-8-12(2)18-15/h7-8,11,13-14,16-17H,4-6,9-10H2,1-3H3. The normalized spacial score (nSPS) is 25.9. The van der Waals surface area contributed by atoms with Crippen molar-refractivity contribution in [2.24, 2.45) is 11.8 Å². The van der Waals surface area contributed by atoms with Gasteiger partial charge in [0.05, 0.1) is 11.7 Å². The van der Waals surface area contributed by atoms with Gasteiger partial charge < -0.3 is 5.32 Å². The van der Waals surface area contributed by atoms with Gasteiger partial charge in [0.25, 0.3) is 0 Å². The van der Waals surface area contributed by atoms with Crippen molar-refractivity contribution < 1.29 is 0 Å². The van der Waals surface area contributed by atoms with Gasteiger partial charge in [0.15, 0.2) is 0 Å². The van der Waals surface area contributed by atoms with Crippen LogP contribution in [0.15, 0.2) is 18.2 Å². The van der Waals surface area contributed by atoms with E-state index >= 15 is 0 Å². The van der Waals surface area contributed by atoms with Crippen LogP contribution in [-0.2, 0) is 0 Å². The molecular formula is C16H26N2. The zero-order valence-corrected chi connectivity index (χ0v) is 11.9. The van der Waals surface area contributed by atoms with Gasteiger partial charge in [-0.2, -0.15) is 0 Å². The Morgan fingerprint density at radius 2 is 2.11 bits per heavy atom. The number of aromatic nitrogens is 1. The van der Waals surface area contributed by atoms with Crippen LogP contribution in [0.25, 0.3) is 0 Å². The summed E-state index contributed by atoms with van der Waals surface area (Å²) in [6.45, 7) is 4.41. The van der Waals surface area contributed by atoms with Crippen molar-refractivity contribution in [2.45, 2.75) is 52.0 Å². The fourth-order valence-corrected chi connectivity index (χ4v) is 3.50. The second-order valence-electron chi connectivity index (χ2n) is 5.59. The van der Waals surface area contributed by atoms with Gasteiger partial charge in [0.1, 0.15) is 0 Å². The molecule has 1 aliphatic carbocycles. The lowest BCUT2D eigenvalue weighted by Gasteiger charge is -2.36. The summed E-state index contributed by atoms with van der Waals surface area (Å²) in [6.07, 6.45) is 6.83. The highest BCUT2D eigenvalue weighted by molar-refractivity contribution is 5.15. The molecule has 2 nitrogen and oxygen atoms in total. The van der Waals surface area contributed by atoms with E-state index in [9.17, 15) is 0 Å². The molecule has 3 unspecified atom stereocenters. The van der Waals surface area contributed by atoms with Crippen LogP contribution >= 0.6 is 0 Å². The van der Waals surface area contributed by atoms with E-state index in [1.807, 2.05) is 0 Å². The van der Waals surface area contributed by atoms with E-state index in [4.69, 9.17) is 4.98 Å². The molecule has 1 aromatic rings. The second-order valence-corrected chi connectivity index (χ2v) is 5.59. The first-order chi connectivity index (χ1) is 8.76. The summed E-state index contributed by atoms with van der Waals surface area (Å²) in [5, 5.41) is 3.52. The molecule has 1 aliphatic rings. The lowest BCUT2D eigenvalue weighted by molar-refractivity contribution is 0.178. The molecule has 3 atom stereocenters. The number of aryl methyl sites for hydroxylation is 1. The number of hydrogen-bond acceptors (Lipinski definition) is 2. The Labute approximate surface area is 111 Å². The Bertz CT molecular complexity index is 375. The van der Waals surface area contributed by atoms with Gasteiger partial charge in [-0.05, 0) is 44.4 Å². The molecule has 2 heteroatoms. The van der Waals surface area contributed by atoms with Crippen molar-refractivity contribution in [3.05, 3.63) is 29.6 Å². The highest BCUT2D eigenvalue weighted by Gasteiger charge is 2.31. The van der Waals surface area contributed by atoms with Crippen molar-refractivity contribution in [1.82, 2.24) is 10.3 Å². The van der Waals surface area contributed by atoms with Crippen molar-refractivity contribution in [2.75, 3.05) is 7.05 Å². The predicted molar refractivity (Wildman–Crippen MR) is 76.5 cm³/mol. The van der Waals surface area contributed by atoms with Crippen LogP contribution in [0.2, 0.25) is 0 Å². The third-order valence-electron chi connectivity index (χ3n) is 4.46. The maximum Gasteiger partial charge on any atom is 0.0579 e. The van der Waals surface area contributed by atoms with Gasteiger partial charge >= 0.3 is 0 Å². The van der Waals surface area contributed by atoms with Crippen LogP contribution in [0, 0.1) is 18.8 Å². The van der Waals surface area contributed by atoms with Crippen LogP contribution in [0.5, 0.6) is 0 Å². The Hall–Kier alpha value is -0.890. The topological polar surface area (TPSA) is 24.9 Å². The molecule has 0 radical (unpaired) electrons. The number of rotatable bonds is 4. The van der Waals surface area contributed by atoms with Gasteiger partial charge in [0.2, 0.25) is 0 Å². The first-order valence-electron chi connectivity index (χ1n) is 7.37. The molecule has 100 valence electrons. The largest absolute Gasteiger partial charge is 0.311 e. The van der Waals surface area contributed by atoms with E-state index in [0.29, 0.717) is 6.04 Å². The van der Waals surface area contributed by atoms with Crippen LogP contribution in [0.4, 0.5) is 0 Å². The van der Waals surface area contributed by atoms with E-state index in [1.54, 1.807) is 0 Å². The van der Waals surface area contributed by atoms with E-state index < -0.39 is 0 Å². The number of nitrogens with one attached hydrogen (secondary N) is 1. The lowest BCUT2D eigenvalue weighted by Crippen LogP contribution is -2.33. The molecule has 1 heterocycles. The van der Waals surface area contributed by atoms with Crippen LogP contribution in [0.1, 0.15) is 56.5 Å². The predicted octanol–water partition coefficient (Wildman–Crippen LogP) is 3.87. The van der Waals surface area contributed by atoms with Crippen LogP contribution in [-0.4, -0.2) is 12.0 Å². The van der Waals surface area contributed by atoms with Crippen molar-refractivity contribution >= 4 is 0 Å². The minimum absolute atomic E-state index is 0.426. The Morgan fingerprint density at radius 3 is 2.78 bits per heavy atom. The average molecular weight is 246 g/mol. The summed E-state index contributed by atoms with van der Waals surface area (Å²) in [5.41, 5.74) is 2.35. The maximum absolute atomic E-state index is 4.73. The molecule has 0 bridgehead atoms. The minimum Gasteiger partial charge on any atom is -0.311 e. The summed E-state index contributed by atoms with van der Waals surface area (Å²) < 4.78 is 0. The summed E-state index contributed by atoms with van der Waals surface area (Å²) in [6, 6.07) is 6.81. The minimum atomic E-state index is 0.426. The highest BCUT2D eigenvalue weighted by atomic mass is 14.9. The van der Waals surface area contributed by atoms with Gasteiger partial charge in [0, 0.05) is 5.69 Å². The van der Waals surface area contributed by atoms with Crippen LogP contribution in [0.3, 0.4) is 0 Å². The first kappa shape index (κ1) is 13.5. The monoisotopic (exact) mass is 246 g/mol. The zero-order valence-electron chi connectivity index (χ0n) is 11.9. The third kappa shape index (κ3) is 2.92. The summed E-state index contributed by atoms with van der Waals surface area (Å²) >= 11 is 0. The Balaban J connectivity index is 2.21. The van der Waals surface area contributed by atoms with E-state index in [-0.39, 0.29) is 0 Å². The molecule has 18 heavy (non-hydrogen) atoms. The molecule has 2 rings (SSSR count). The highest BCUT2D eigenvalue weighted by Crippen LogP contribution is 2.39. The Morgan fingerprint density at radius 1 is 1.33 bits per heavy atom. The van der Waals surface area contributed by atoms with Gasteiger partial charge in [-0.15, -0.1) is 0 Å². The zero-order chi connectivity index (χ0) is 13.0. The summed E-state index contributed by atoms with van der Waals surface area (Å²) in [5.74, 6) is 1.61. The molecule has 0 saturated heterocycles. The molecule has 0 amide bonds. The van der Waals surface area contributed by atoms with Crippen molar-refractivity contribution in [3.8, 4) is 0 Å². The smallest absolute Gasteiger partial charge is 0.0579 e. The molecule has 1 saturated carbocycles. The molecule has 0 spiro atoms. The quantitative estimate of drug-likeness (QED) is 0.872. The molecule has 1 aromatic heterocycles. The molecule has 0 aliphatic heterocycles. The molecule has 1 fully saturated rings. The molecular weight excluding hydrogens is 220 g/mol. The van der Waals surface area contributed by atoms with Gasteiger partial charge in [-0.25, -0.2) is 0 Å². The van der Waals surface area contributed by atoms with E-state index in [0.717, 1.165) is 17.5 Å². The molecule has 0 aromatic carbocycles. The fourth-order valence-electron chi connectivity index (χ4n) is 3.50. The average Bonchev–Trinajstić information content (AvgIpc) is 2.40. The third-order valence-corrected chi connectivity index (χ3v) is 4.46. The van der Waals surface area contributed by atoms with E-state index in [1.165, 1.54) is 37.8 Å². The number of hydrogen-bond donors (Lipinski definition) is 1.